The Hall–Kier alpha value is -1.44. The van der Waals surface area contributed by atoms with Gasteiger partial charge in [0.15, 0.2) is 0 Å². The van der Waals surface area contributed by atoms with Crippen molar-refractivity contribution in [3.05, 3.63) is 17.5 Å². The fourth-order valence-corrected chi connectivity index (χ4v) is 3.41. The molecule has 3 heterocycles. The van der Waals surface area contributed by atoms with Crippen molar-refractivity contribution < 1.29 is 14.3 Å². The van der Waals surface area contributed by atoms with E-state index in [1.54, 1.807) is 0 Å². The van der Waals surface area contributed by atoms with Crippen LogP contribution in [0.2, 0.25) is 0 Å². The number of aromatic nitrogens is 2. The minimum absolute atomic E-state index is 0.0765. The molecule has 2 fully saturated rings. The van der Waals surface area contributed by atoms with Gasteiger partial charge in [0.1, 0.15) is 0 Å². The van der Waals surface area contributed by atoms with E-state index in [0.717, 1.165) is 57.1 Å². The normalized spacial score (nSPS) is 23.3. The molecule has 2 saturated heterocycles. The molecule has 134 valence electrons. The molecule has 3 rings (SSSR count). The van der Waals surface area contributed by atoms with E-state index in [9.17, 15) is 4.79 Å². The van der Waals surface area contributed by atoms with Crippen molar-refractivity contribution in [1.82, 2.24) is 20.0 Å². The highest BCUT2D eigenvalue weighted by Gasteiger charge is 2.24. The Bertz CT molecular complexity index is 554. The first-order chi connectivity index (χ1) is 11.6. The van der Waals surface area contributed by atoms with Gasteiger partial charge in [-0.05, 0) is 32.8 Å². The minimum atomic E-state index is 0.0765. The summed E-state index contributed by atoms with van der Waals surface area (Å²) in [6.07, 6.45) is 1.90. The Morgan fingerprint density at radius 3 is 2.83 bits per heavy atom. The van der Waals surface area contributed by atoms with Crippen LogP contribution in [0.4, 0.5) is 0 Å². The third kappa shape index (κ3) is 4.78. The Balaban J connectivity index is 1.46. The van der Waals surface area contributed by atoms with Gasteiger partial charge in [0.05, 0.1) is 31.5 Å². The molecule has 2 aliphatic rings. The van der Waals surface area contributed by atoms with E-state index in [4.69, 9.17) is 9.47 Å². The molecular formula is C17H28N4O3. The zero-order valence-corrected chi connectivity index (χ0v) is 14.7. The van der Waals surface area contributed by atoms with Gasteiger partial charge in [-0.3, -0.25) is 14.4 Å². The van der Waals surface area contributed by atoms with Gasteiger partial charge in [0, 0.05) is 38.0 Å². The van der Waals surface area contributed by atoms with E-state index in [1.165, 1.54) is 0 Å². The molecule has 1 aromatic rings. The average molecular weight is 336 g/mol. The smallest absolute Gasteiger partial charge is 0.234 e. The van der Waals surface area contributed by atoms with Gasteiger partial charge in [-0.2, -0.15) is 5.10 Å². The lowest BCUT2D eigenvalue weighted by Gasteiger charge is -2.33. The number of carbonyl (C=O) groups is 1. The molecular weight excluding hydrogens is 308 g/mol. The monoisotopic (exact) mass is 336 g/mol. The van der Waals surface area contributed by atoms with Gasteiger partial charge >= 0.3 is 0 Å². The number of hydrogen-bond donors (Lipinski definition) is 1. The third-order valence-electron chi connectivity index (χ3n) is 4.66. The highest BCUT2D eigenvalue weighted by atomic mass is 16.5. The summed E-state index contributed by atoms with van der Waals surface area (Å²) in [5.74, 6) is 0.105. The molecule has 7 heteroatoms. The van der Waals surface area contributed by atoms with Crippen LogP contribution in [0.15, 0.2) is 6.07 Å². The lowest BCUT2D eigenvalue weighted by atomic mass is 10.1. The zero-order chi connectivity index (χ0) is 16.9. The lowest BCUT2D eigenvalue weighted by molar-refractivity contribution is -0.125. The summed E-state index contributed by atoms with van der Waals surface area (Å²) in [7, 11) is 0. The van der Waals surface area contributed by atoms with E-state index < -0.39 is 0 Å². The number of hydrogen-bond acceptors (Lipinski definition) is 5. The number of ether oxygens (including phenoxy) is 2. The molecule has 7 nitrogen and oxygen atoms in total. The predicted octanol–water partition coefficient (Wildman–Crippen LogP) is 0.496. The van der Waals surface area contributed by atoms with Crippen molar-refractivity contribution in [2.75, 3.05) is 39.5 Å². The first-order valence-corrected chi connectivity index (χ1v) is 8.82. The van der Waals surface area contributed by atoms with Crippen LogP contribution < -0.4 is 5.32 Å². The Morgan fingerprint density at radius 2 is 2.12 bits per heavy atom. The van der Waals surface area contributed by atoms with Crippen molar-refractivity contribution >= 4 is 5.91 Å². The molecule has 1 aromatic heterocycles. The number of nitrogens with zero attached hydrogens (tertiary/aromatic N) is 3. The molecule has 0 aliphatic carbocycles. The molecule has 2 aliphatic heterocycles. The van der Waals surface area contributed by atoms with Crippen molar-refractivity contribution in [1.29, 1.82) is 0 Å². The molecule has 1 amide bonds. The largest absolute Gasteiger partial charge is 0.381 e. The number of nitrogens with one attached hydrogen (secondary N) is 1. The predicted molar refractivity (Wildman–Crippen MR) is 89.9 cm³/mol. The van der Waals surface area contributed by atoms with Crippen LogP contribution in [-0.4, -0.2) is 72.2 Å². The van der Waals surface area contributed by atoms with Crippen LogP contribution in [-0.2, 0) is 20.8 Å². The number of aryl methyl sites for hydroxylation is 2. The molecule has 0 spiro atoms. The van der Waals surface area contributed by atoms with E-state index in [0.29, 0.717) is 13.2 Å². The maximum Gasteiger partial charge on any atom is 0.234 e. The van der Waals surface area contributed by atoms with E-state index in [-0.39, 0.29) is 18.1 Å². The van der Waals surface area contributed by atoms with Crippen LogP contribution in [0.5, 0.6) is 0 Å². The first-order valence-electron chi connectivity index (χ1n) is 8.82. The second-order valence-electron chi connectivity index (χ2n) is 6.79. The summed E-state index contributed by atoms with van der Waals surface area (Å²) in [6.45, 7) is 8.94. The SMILES string of the molecule is Cc1cc(C)n(CC2CN(CC(=O)NC3CCOCC3)CCO2)n1. The Morgan fingerprint density at radius 1 is 1.33 bits per heavy atom. The van der Waals surface area contributed by atoms with E-state index >= 15 is 0 Å². The summed E-state index contributed by atoms with van der Waals surface area (Å²) >= 11 is 0. The topological polar surface area (TPSA) is 68.6 Å². The Kier molecular flexibility index (Phi) is 5.86. The number of rotatable bonds is 5. The molecule has 0 bridgehead atoms. The second-order valence-corrected chi connectivity index (χ2v) is 6.79. The summed E-state index contributed by atoms with van der Waals surface area (Å²) < 4.78 is 13.2. The number of morpholine rings is 1. The van der Waals surface area contributed by atoms with Crippen molar-refractivity contribution in [3.63, 3.8) is 0 Å². The van der Waals surface area contributed by atoms with Crippen LogP contribution in [0.25, 0.3) is 0 Å². The van der Waals surface area contributed by atoms with Gasteiger partial charge in [0.2, 0.25) is 5.91 Å². The fraction of sp³-hybridized carbons (Fsp3) is 0.765. The van der Waals surface area contributed by atoms with Crippen molar-refractivity contribution in [3.8, 4) is 0 Å². The van der Waals surface area contributed by atoms with Gasteiger partial charge in [-0.25, -0.2) is 0 Å². The van der Waals surface area contributed by atoms with Crippen LogP contribution >= 0.6 is 0 Å². The van der Waals surface area contributed by atoms with Gasteiger partial charge in [-0.1, -0.05) is 0 Å². The van der Waals surface area contributed by atoms with Crippen LogP contribution in [0.1, 0.15) is 24.2 Å². The average Bonchev–Trinajstić information content (AvgIpc) is 2.86. The molecule has 1 N–H and O–H groups in total. The van der Waals surface area contributed by atoms with E-state index in [1.807, 2.05) is 11.6 Å². The third-order valence-corrected chi connectivity index (χ3v) is 4.66. The lowest BCUT2D eigenvalue weighted by Crippen LogP contribution is -2.50. The standard InChI is InChI=1S/C17H28N4O3/c1-13-9-14(2)21(19-13)11-16-10-20(5-8-24-16)12-17(22)18-15-3-6-23-7-4-15/h9,15-16H,3-8,10-12H2,1-2H3,(H,18,22). The highest BCUT2D eigenvalue weighted by Crippen LogP contribution is 2.11. The molecule has 0 radical (unpaired) electrons. The van der Waals surface area contributed by atoms with E-state index in [2.05, 4.69) is 28.3 Å². The van der Waals surface area contributed by atoms with Crippen LogP contribution in [0, 0.1) is 13.8 Å². The molecule has 1 unspecified atom stereocenters. The van der Waals surface area contributed by atoms with Gasteiger partial charge in [-0.15, -0.1) is 0 Å². The quantitative estimate of drug-likeness (QED) is 0.848. The molecule has 1 atom stereocenters. The fourth-order valence-electron chi connectivity index (χ4n) is 3.41. The zero-order valence-electron chi connectivity index (χ0n) is 14.7. The van der Waals surface area contributed by atoms with Crippen LogP contribution in [0.3, 0.4) is 0 Å². The van der Waals surface area contributed by atoms with Gasteiger partial charge < -0.3 is 14.8 Å². The first kappa shape index (κ1) is 17.4. The second kappa shape index (κ2) is 8.09. The Labute approximate surface area is 143 Å². The maximum atomic E-state index is 12.2. The minimum Gasteiger partial charge on any atom is -0.381 e. The molecule has 24 heavy (non-hydrogen) atoms. The van der Waals surface area contributed by atoms with Crippen molar-refractivity contribution in [2.24, 2.45) is 0 Å². The summed E-state index contributed by atoms with van der Waals surface area (Å²) in [5.41, 5.74) is 2.17. The van der Waals surface area contributed by atoms with Crippen molar-refractivity contribution in [2.45, 2.75) is 45.4 Å². The number of carbonyl (C=O) groups excluding carboxylic acids is 1. The maximum absolute atomic E-state index is 12.2. The summed E-state index contributed by atoms with van der Waals surface area (Å²) in [4.78, 5) is 14.4. The number of amides is 1. The molecule has 0 aromatic carbocycles. The summed E-state index contributed by atoms with van der Waals surface area (Å²) in [5, 5.41) is 7.62. The summed E-state index contributed by atoms with van der Waals surface area (Å²) in [6, 6.07) is 2.33. The molecule has 0 saturated carbocycles. The highest BCUT2D eigenvalue weighted by molar-refractivity contribution is 5.78. The van der Waals surface area contributed by atoms with Gasteiger partial charge in [0.25, 0.3) is 0 Å².